The highest BCUT2D eigenvalue weighted by Crippen LogP contribution is 2.28. The number of aliphatic hydroxyl groups is 1. The minimum atomic E-state index is -1.10. The molecule has 138 valence electrons. The molecule has 1 aromatic rings. The minimum absolute atomic E-state index is 0. The van der Waals surface area contributed by atoms with Crippen LogP contribution in [0.1, 0.15) is 52.7 Å². The Kier molecular flexibility index (Phi) is 8.56. The maximum Gasteiger partial charge on any atom is 0.191 e. The molecule has 5 nitrogen and oxygen atoms in total. The number of guanidine groups is 1. The van der Waals surface area contributed by atoms with Gasteiger partial charge in [0.05, 0.1) is 12.8 Å². The zero-order valence-electron chi connectivity index (χ0n) is 15.2. The van der Waals surface area contributed by atoms with Crippen molar-refractivity contribution in [3.8, 4) is 0 Å². The maximum atomic E-state index is 10.5. The zero-order chi connectivity index (χ0) is 16.9. The fourth-order valence-electron chi connectivity index (χ4n) is 3.47. The summed E-state index contributed by atoms with van der Waals surface area (Å²) in [5, 5.41) is 17.3. The summed E-state index contributed by atoms with van der Waals surface area (Å²) in [6, 6.07) is 4.00. The van der Waals surface area contributed by atoms with E-state index >= 15 is 0 Å². The number of aliphatic imine (C=N–C) groups is 1. The second-order valence-corrected chi connectivity index (χ2v) is 7.21. The summed E-state index contributed by atoms with van der Waals surface area (Å²) in [6.45, 7) is 9.46. The summed E-state index contributed by atoms with van der Waals surface area (Å²) in [6.07, 6.45) is 5.22. The van der Waals surface area contributed by atoms with Gasteiger partial charge in [-0.05, 0) is 57.1 Å². The van der Waals surface area contributed by atoms with E-state index in [9.17, 15) is 5.11 Å². The van der Waals surface area contributed by atoms with Gasteiger partial charge in [-0.2, -0.15) is 0 Å². The van der Waals surface area contributed by atoms with Gasteiger partial charge in [-0.15, -0.1) is 24.0 Å². The van der Waals surface area contributed by atoms with E-state index in [-0.39, 0.29) is 30.5 Å². The third-order valence-corrected chi connectivity index (χ3v) is 4.46. The molecule has 0 saturated heterocycles. The molecular weight excluding hydrogens is 417 g/mol. The van der Waals surface area contributed by atoms with Crippen molar-refractivity contribution in [2.75, 3.05) is 13.1 Å². The van der Waals surface area contributed by atoms with E-state index in [1.165, 1.54) is 19.3 Å². The topological polar surface area (TPSA) is 69.8 Å². The van der Waals surface area contributed by atoms with E-state index in [1.54, 1.807) is 25.3 Å². The second kappa shape index (κ2) is 9.65. The third kappa shape index (κ3) is 6.27. The number of halogens is 1. The van der Waals surface area contributed by atoms with Crippen molar-refractivity contribution in [2.45, 2.75) is 58.6 Å². The van der Waals surface area contributed by atoms with Gasteiger partial charge in [0.15, 0.2) is 5.96 Å². The van der Waals surface area contributed by atoms with Gasteiger partial charge in [0, 0.05) is 12.6 Å². The summed E-state index contributed by atoms with van der Waals surface area (Å²) in [5.41, 5.74) is -1.10. The first kappa shape index (κ1) is 21.3. The van der Waals surface area contributed by atoms with Crippen LogP contribution in [0.4, 0.5) is 0 Å². The van der Waals surface area contributed by atoms with E-state index in [0.717, 1.165) is 24.3 Å². The van der Waals surface area contributed by atoms with Crippen molar-refractivity contribution in [3.63, 3.8) is 0 Å². The van der Waals surface area contributed by atoms with Gasteiger partial charge in [0.2, 0.25) is 0 Å². The molecule has 1 saturated carbocycles. The molecule has 3 N–H and O–H groups in total. The van der Waals surface area contributed by atoms with Crippen molar-refractivity contribution in [1.82, 2.24) is 10.6 Å². The van der Waals surface area contributed by atoms with Crippen molar-refractivity contribution in [1.29, 1.82) is 0 Å². The Bertz CT molecular complexity index is 492. The first-order valence-electron chi connectivity index (χ1n) is 8.72. The number of hydrogen-bond acceptors (Lipinski definition) is 3. The van der Waals surface area contributed by atoms with Crippen LogP contribution in [0.2, 0.25) is 0 Å². The van der Waals surface area contributed by atoms with Crippen LogP contribution < -0.4 is 10.6 Å². The highest BCUT2D eigenvalue weighted by atomic mass is 127. The first-order valence-corrected chi connectivity index (χ1v) is 8.72. The van der Waals surface area contributed by atoms with E-state index < -0.39 is 5.60 Å². The first-order chi connectivity index (χ1) is 10.9. The lowest BCUT2D eigenvalue weighted by Gasteiger charge is -2.33. The molecule has 1 aliphatic carbocycles. The molecule has 1 aromatic heterocycles. The van der Waals surface area contributed by atoms with Crippen LogP contribution in [0.25, 0.3) is 0 Å². The van der Waals surface area contributed by atoms with Crippen LogP contribution in [0.3, 0.4) is 0 Å². The number of nitrogens with one attached hydrogen (secondary N) is 2. The number of hydrogen-bond donors (Lipinski definition) is 3. The van der Waals surface area contributed by atoms with Gasteiger partial charge in [-0.25, -0.2) is 4.99 Å². The summed E-state index contributed by atoms with van der Waals surface area (Å²) in [7, 11) is 0. The van der Waals surface area contributed by atoms with Crippen molar-refractivity contribution in [2.24, 2.45) is 16.8 Å². The van der Waals surface area contributed by atoms with Crippen LogP contribution in [0.15, 0.2) is 27.8 Å². The normalized spacial score (nSPS) is 27.0. The zero-order valence-corrected chi connectivity index (χ0v) is 17.5. The smallest absolute Gasteiger partial charge is 0.191 e. The largest absolute Gasteiger partial charge is 0.466 e. The maximum absolute atomic E-state index is 10.5. The van der Waals surface area contributed by atoms with Gasteiger partial charge < -0.3 is 20.2 Å². The molecular formula is C18H32IN3O2. The Morgan fingerprint density at radius 2 is 2.00 bits per heavy atom. The van der Waals surface area contributed by atoms with Crippen LogP contribution in [-0.4, -0.2) is 30.2 Å². The van der Waals surface area contributed by atoms with Crippen LogP contribution in [0, 0.1) is 11.8 Å². The average molecular weight is 449 g/mol. The van der Waals surface area contributed by atoms with Crippen molar-refractivity contribution >= 4 is 29.9 Å². The van der Waals surface area contributed by atoms with Crippen molar-refractivity contribution in [3.05, 3.63) is 24.2 Å². The quantitative estimate of drug-likeness (QED) is 0.366. The molecule has 0 amide bonds. The molecule has 0 bridgehead atoms. The second-order valence-electron chi connectivity index (χ2n) is 7.21. The molecule has 3 atom stereocenters. The molecule has 2 rings (SSSR count). The monoisotopic (exact) mass is 449 g/mol. The Balaban J connectivity index is 0.00000288. The van der Waals surface area contributed by atoms with Gasteiger partial charge in [0.1, 0.15) is 11.4 Å². The van der Waals surface area contributed by atoms with Crippen molar-refractivity contribution < 1.29 is 9.52 Å². The lowest BCUT2D eigenvalue weighted by atomic mass is 9.80. The van der Waals surface area contributed by atoms with E-state index in [0.29, 0.717) is 11.8 Å². The summed E-state index contributed by atoms with van der Waals surface area (Å²) < 4.78 is 5.31. The predicted octanol–water partition coefficient (Wildman–Crippen LogP) is 3.48. The minimum Gasteiger partial charge on any atom is -0.466 e. The molecule has 1 aliphatic rings. The van der Waals surface area contributed by atoms with Gasteiger partial charge in [-0.1, -0.05) is 13.8 Å². The van der Waals surface area contributed by atoms with Crippen LogP contribution in [-0.2, 0) is 5.60 Å². The van der Waals surface area contributed by atoms with Gasteiger partial charge >= 0.3 is 0 Å². The van der Waals surface area contributed by atoms with E-state index in [1.807, 2.05) is 6.92 Å². The highest BCUT2D eigenvalue weighted by Gasteiger charge is 2.27. The molecule has 6 heteroatoms. The fraction of sp³-hybridized carbons (Fsp3) is 0.722. The number of rotatable bonds is 5. The Morgan fingerprint density at radius 1 is 1.33 bits per heavy atom. The van der Waals surface area contributed by atoms with E-state index in [2.05, 4.69) is 29.5 Å². The Morgan fingerprint density at radius 3 is 2.54 bits per heavy atom. The fourth-order valence-corrected chi connectivity index (χ4v) is 3.47. The Hall–Kier alpha value is -0.760. The lowest BCUT2D eigenvalue weighted by Crippen LogP contribution is -2.46. The molecule has 0 radical (unpaired) electrons. The number of furan rings is 1. The number of nitrogens with zero attached hydrogens (tertiary/aromatic N) is 1. The highest BCUT2D eigenvalue weighted by molar-refractivity contribution is 14.0. The molecule has 3 unspecified atom stereocenters. The van der Waals surface area contributed by atoms with Gasteiger partial charge in [-0.3, -0.25) is 0 Å². The molecule has 0 aromatic carbocycles. The SMILES string of the molecule is CCNC(=NCC(C)(O)c1ccco1)NC1CC(C)CC(C)C1.I. The molecule has 24 heavy (non-hydrogen) atoms. The third-order valence-electron chi connectivity index (χ3n) is 4.46. The molecule has 1 heterocycles. The summed E-state index contributed by atoms with van der Waals surface area (Å²) in [4.78, 5) is 4.57. The summed E-state index contributed by atoms with van der Waals surface area (Å²) >= 11 is 0. The van der Waals surface area contributed by atoms with Crippen LogP contribution in [0.5, 0.6) is 0 Å². The standard InChI is InChI=1S/C18H31N3O2.HI/c1-5-19-17(21-15-10-13(2)9-14(3)11-15)20-12-18(4,22)16-7-6-8-23-16;/h6-8,13-15,22H,5,9-12H2,1-4H3,(H2,19,20,21);1H. The predicted molar refractivity (Wildman–Crippen MR) is 109 cm³/mol. The molecule has 0 spiro atoms. The lowest BCUT2D eigenvalue weighted by molar-refractivity contribution is 0.0436. The Labute approximate surface area is 162 Å². The van der Waals surface area contributed by atoms with Crippen LogP contribution >= 0.6 is 24.0 Å². The summed E-state index contributed by atoms with van der Waals surface area (Å²) in [5.74, 6) is 2.79. The molecule has 0 aliphatic heterocycles. The average Bonchev–Trinajstić information content (AvgIpc) is 2.99. The van der Waals surface area contributed by atoms with Gasteiger partial charge in [0.25, 0.3) is 0 Å². The molecule has 1 fully saturated rings. The van der Waals surface area contributed by atoms with E-state index in [4.69, 9.17) is 4.42 Å².